The smallest absolute Gasteiger partial charge is 0.135 e. The second-order valence-corrected chi connectivity index (χ2v) is 5.82. The van der Waals surface area contributed by atoms with Crippen molar-refractivity contribution in [2.45, 2.75) is 45.6 Å². The Morgan fingerprint density at radius 1 is 1.26 bits per heavy atom. The molecule has 2 rings (SSSR count). The molecule has 0 radical (unpaired) electrons. The van der Waals surface area contributed by atoms with Gasteiger partial charge in [0.05, 0.1) is 0 Å². The molecule has 3 N–H and O–H groups in total. The van der Waals surface area contributed by atoms with Gasteiger partial charge in [0, 0.05) is 17.5 Å². The number of piperidine rings is 1. The zero-order valence-electron chi connectivity index (χ0n) is 12.4. The molecule has 0 unspecified atom stereocenters. The number of nitrogen functional groups attached to an aromatic ring is 1. The average Bonchev–Trinajstić information content (AvgIpc) is 2.37. The maximum Gasteiger partial charge on any atom is 0.135 e. The third-order valence-corrected chi connectivity index (χ3v) is 3.78. The highest BCUT2D eigenvalue weighted by molar-refractivity contribution is 5.55. The second kappa shape index (κ2) is 5.74. The first kappa shape index (κ1) is 14.1. The van der Waals surface area contributed by atoms with E-state index in [2.05, 4.69) is 41.1 Å². The van der Waals surface area contributed by atoms with Crippen LogP contribution in [0.4, 0.5) is 11.6 Å². The molecule has 0 atom stereocenters. The Morgan fingerprint density at radius 2 is 1.89 bits per heavy atom. The second-order valence-electron chi connectivity index (χ2n) is 5.82. The first-order valence-corrected chi connectivity index (χ1v) is 7.06. The number of rotatable bonds is 3. The summed E-state index contributed by atoms with van der Waals surface area (Å²) in [5.74, 6) is 2.61. The lowest BCUT2D eigenvalue weighted by Crippen LogP contribution is -2.37. The Morgan fingerprint density at radius 3 is 2.47 bits per heavy atom. The Hall–Kier alpha value is -1.36. The number of anilines is 2. The number of nitrogens with one attached hydrogen (secondary N) is 1. The highest BCUT2D eigenvalue weighted by Gasteiger charge is 2.19. The fourth-order valence-corrected chi connectivity index (χ4v) is 2.30. The van der Waals surface area contributed by atoms with Crippen molar-refractivity contribution in [3.63, 3.8) is 0 Å². The summed E-state index contributed by atoms with van der Waals surface area (Å²) in [7, 11) is 2.17. The van der Waals surface area contributed by atoms with Crippen molar-refractivity contribution in [3.8, 4) is 0 Å². The van der Waals surface area contributed by atoms with Gasteiger partial charge in [-0.05, 0) is 39.9 Å². The van der Waals surface area contributed by atoms with Crippen LogP contribution in [0.2, 0.25) is 0 Å². The van der Waals surface area contributed by atoms with Crippen LogP contribution in [0.5, 0.6) is 0 Å². The first-order chi connectivity index (χ1) is 8.97. The molecule has 2 heterocycles. The van der Waals surface area contributed by atoms with Gasteiger partial charge in [-0.2, -0.15) is 0 Å². The van der Waals surface area contributed by atoms with Crippen molar-refractivity contribution in [2.75, 3.05) is 31.2 Å². The summed E-state index contributed by atoms with van der Waals surface area (Å²) in [5.41, 5.74) is 6.95. The standard InChI is InChI=1S/C14H25N5/c1-9(2)13-17-12(15)10(3)14(18-13)16-11-5-7-19(4)8-6-11/h9,11H,5-8H2,1-4H3,(H3,15,16,17,18). The molecular weight excluding hydrogens is 238 g/mol. The summed E-state index contributed by atoms with van der Waals surface area (Å²) < 4.78 is 0. The van der Waals surface area contributed by atoms with Gasteiger partial charge in [-0.1, -0.05) is 13.8 Å². The van der Waals surface area contributed by atoms with Crippen molar-refractivity contribution in [3.05, 3.63) is 11.4 Å². The van der Waals surface area contributed by atoms with Crippen LogP contribution in [0.3, 0.4) is 0 Å². The SMILES string of the molecule is Cc1c(N)nc(C(C)C)nc1NC1CCN(C)CC1. The van der Waals surface area contributed by atoms with E-state index in [9.17, 15) is 0 Å². The molecule has 0 bridgehead atoms. The molecule has 1 aliphatic heterocycles. The predicted molar refractivity (Wildman–Crippen MR) is 79.4 cm³/mol. The van der Waals surface area contributed by atoms with Gasteiger partial charge in [-0.15, -0.1) is 0 Å². The Bertz CT molecular complexity index is 436. The Labute approximate surface area is 115 Å². The van der Waals surface area contributed by atoms with Crippen LogP contribution in [0.1, 0.15) is 44.0 Å². The average molecular weight is 263 g/mol. The zero-order chi connectivity index (χ0) is 14.0. The van der Waals surface area contributed by atoms with Crippen LogP contribution in [0, 0.1) is 6.92 Å². The summed E-state index contributed by atoms with van der Waals surface area (Å²) in [5, 5.41) is 3.55. The van der Waals surface area contributed by atoms with Crippen LogP contribution >= 0.6 is 0 Å². The lowest BCUT2D eigenvalue weighted by Gasteiger charge is -2.30. The highest BCUT2D eigenvalue weighted by atomic mass is 15.1. The van der Waals surface area contributed by atoms with Crippen molar-refractivity contribution in [1.29, 1.82) is 0 Å². The van der Waals surface area contributed by atoms with Crippen LogP contribution in [0.25, 0.3) is 0 Å². The van der Waals surface area contributed by atoms with E-state index in [0.29, 0.717) is 17.8 Å². The van der Waals surface area contributed by atoms with Gasteiger partial charge < -0.3 is 16.0 Å². The van der Waals surface area contributed by atoms with Crippen molar-refractivity contribution in [2.24, 2.45) is 0 Å². The number of hydrogen-bond acceptors (Lipinski definition) is 5. The monoisotopic (exact) mass is 263 g/mol. The minimum absolute atomic E-state index is 0.293. The van der Waals surface area contributed by atoms with E-state index in [-0.39, 0.29) is 0 Å². The number of nitrogens with two attached hydrogens (primary N) is 1. The van der Waals surface area contributed by atoms with E-state index in [4.69, 9.17) is 5.73 Å². The third kappa shape index (κ3) is 3.35. The highest BCUT2D eigenvalue weighted by Crippen LogP contribution is 2.23. The maximum atomic E-state index is 5.99. The summed E-state index contributed by atoms with van der Waals surface area (Å²) in [4.78, 5) is 11.3. The van der Waals surface area contributed by atoms with Crippen LogP contribution < -0.4 is 11.1 Å². The Balaban J connectivity index is 2.15. The van der Waals surface area contributed by atoms with Crippen LogP contribution in [-0.4, -0.2) is 41.0 Å². The molecule has 0 aromatic carbocycles. The summed E-state index contributed by atoms with van der Waals surface area (Å²) in [6, 6.07) is 0.490. The molecule has 5 heteroatoms. The molecule has 0 amide bonds. The normalized spacial score (nSPS) is 17.9. The van der Waals surface area contributed by atoms with Gasteiger partial charge in [0.2, 0.25) is 0 Å². The van der Waals surface area contributed by atoms with Crippen molar-refractivity contribution in [1.82, 2.24) is 14.9 Å². The number of nitrogens with zero attached hydrogens (tertiary/aromatic N) is 3. The van der Waals surface area contributed by atoms with Gasteiger partial charge >= 0.3 is 0 Å². The molecule has 0 spiro atoms. The third-order valence-electron chi connectivity index (χ3n) is 3.78. The molecule has 0 saturated carbocycles. The van der Waals surface area contributed by atoms with Gasteiger partial charge in [0.25, 0.3) is 0 Å². The van der Waals surface area contributed by atoms with Gasteiger partial charge in [0.1, 0.15) is 17.5 Å². The topological polar surface area (TPSA) is 67.1 Å². The fraction of sp³-hybridized carbons (Fsp3) is 0.714. The summed E-state index contributed by atoms with van der Waals surface area (Å²) >= 11 is 0. The Kier molecular flexibility index (Phi) is 4.24. The van der Waals surface area contributed by atoms with E-state index in [1.165, 1.54) is 0 Å². The predicted octanol–water partition coefficient (Wildman–Crippen LogP) is 2.00. The molecular formula is C14H25N5. The molecule has 1 saturated heterocycles. The molecule has 106 valence electrons. The number of hydrogen-bond donors (Lipinski definition) is 2. The van der Waals surface area contributed by atoms with Gasteiger partial charge in [0.15, 0.2) is 0 Å². The van der Waals surface area contributed by atoms with Gasteiger partial charge in [-0.25, -0.2) is 9.97 Å². The van der Waals surface area contributed by atoms with E-state index >= 15 is 0 Å². The van der Waals surface area contributed by atoms with Crippen molar-refractivity contribution >= 4 is 11.6 Å². The van der Waals surface area contributed by atoms with E-state index in [1.807, 2.05) is 6.92 Å². The minimum atomic E-state index is 0.293. The first-order valence-electron chi connectivity index (χ1n) is 7.06. The molecule has 1 fully saturated rings. The molecule has 0 aliphatic carbocycles. The lowest BCUT2D eigenvalue weighted by molar-refractivity contribution is 0.263. The van der Waals surface area contributed by atoms with Crippen molar-refractivity contribution < 1.29 is 0 Å². The molecule has 1 aromatic heterocycles. The van der Waals surface area contributed by atoms with E-state index in [1.54, 1.807) is 0 Å². The summed E-state index contributed by atoms with van der Waals surface area (Å²) in [6.07, 6.45) is 2.30. The largest absolute Gasteiger partial charge is 0.383 e. The molecule has 1 aliphatic rings. The van der Waals surface area contributed by atoms with Crippen LogP contribution in [0.15, 0.2) is 0 Å². The minimum Gasteiger partial charge on any atom is -0.383 e. The van der Waals surface area contributed by atoms with Crippen LogP contribution in [-0.2, 0) is 0 Å². The maximum absolute atomic E-state index is 5.99. The molecule has 1 aromatic rings. The fourth-order valence-electron chi connectivity index (χ4n) is 2.30. The lowest BCUT2D eigenvalue weighted by atomic mass is 10.1. The quantitative estimate of drug-likeness (QED) is 0.873. The van der Waals surface area contributed by atoms with E-state index < -0.39 is 0 Å². The van der Waals surface area contributed by atoms with Gasteiger partial charge in [-0.3, -0.25) is 0 Å². The molecule has 5 nitrogen and oxygen atoms in total. The molecule has 19 heavy (non-hydrogen) atoms. The number of aromatic nitrogens is 2. The number of likely N-dealkylation sites (tertiary alicyclic amines) is 1. The zero-order valence-corrected chi connectivity index (χ0v) is 12.4. The van der Waals surface area contributed by atoms with E-state index in [0.717, 1.165) is 43.1 Å². The summed E-state index contributed by atoms with van der Waals surface area (Å²) in [6.45, 7) is 8.42.